The van der Waals surface area contributed by atoms with E-state index in [1.165, 1.54) is 11.1 Å². The minimum absolute atomic E-state index is 0.0290. The summed E-state index contributed by atoms with van der Waals surface area (Å²) in [6.07, 6.45) is 0.698. The fourth-order valence-corrected chi connectivity index (χ4v) is 2.50. The summed E-state index contributed by atoms with van der Waals surface area (Å²) >= 11 is 0. The average Bonchev–Trinajstić information content (AvgIpc) is 2.50. The van der Waals surface area contributed by atoms with Gasteiger partial charge in [-0.25, -0.2) is 0 Å². The Labute approximate surface area is 119 Å². The van der Waals surface area contributed by atoms with Crippen molar-refractivity contribution < 1.29 is 14.6 Å². The number of carbonyl (C=O) groups excluding carboxylic acids is 1. The normalized spacial score (nSPS) is 17.6. The van der Waals surface area contributed by atoms with Crippen LogP contribution in [0.2, 0.25) is 0 Å². The van der Waals surface area contributed by atoms with E-state index in [0.717, 1.165) is 0 Å². The maximum atomic E-state index is 12.5. The number of benzene rings is 1. The van der Waals surface area contributed by atoms with Crippen molar-refractivity contribution in [2.45, 2.75) is 19.0 Å². The molecule has 2 rings (SSSR count). The summed E-state index contributed by atoms with van der Waals surface area (Å²) in [4.78, 5) is 14.2. The van der Waals surface area contributed by atoms with Crippen LogP contribution in [-0.2, 0) is 22.5 Å². The van der Waals surface area contributed by atoms with Crippen molar-refractivity contribution in [1.29, 1.82) is 0 Å². The highest BCUT2D eigenvalue weighted by Gasteiger charge is 2.27. The molecule has 0 bridgehead atoms. The third kappa shape index (κ3) is 3.56. The molecule has 110 valence electrons. The highest BCUT2D eigenvalue weighted by Crippen LogP contribution is 2.17. The van der Waals surface area contributed by atoms with Gasteiger partial charge in [0.15, 0.2) is 0 Å². The largest absolute Gasteiger partial charge is 0.395 e. The van der Waals surface area contributed by atoms with Crippen LogP contribution in [0.15, 0.2) is 24.3 Å². The van der Waals surface area contributed by atoms with Gasteiger partial charge in [-0.1, -0.05) is 24.3 Å². The number of carbonyl (C=O) groups is 1. The zero-order valence-electron chi connectivity index (χ0n) is 11.8. The minimum Gasteiger partial charge on any atom is -0.395 e. The summed E-state index contributed by atoms with van der Waals surface area (Å²) in [7, 11) is 1.61. The standard InChI is InChI=1S/C15H22N2O3/c1-20-9-7-17(6-8-18)15(19)14-10-12-4-2-3-5-13(12)11-16-14/h2-5,14,16,18H,6-11H2,1H3. The van der Waals surface area contributed by atoms with Crippen LogP contribution in [0.5, 0.6) is 0 Å². The molecule has 1 unspecified atom stereocenters. The monoisotopic (exact) mass is 278 g/mol. The third-order valence-corrected chi connectivity index (χ3v) is 3.63. The van der Waals surface area contributed by atoms with E-state index in [2.05, 4.69) is 17.4 Å². The maximum absolute atomic E-state index is 12.5. The number of fused-ring (bicyclic) bond motifs is 1. The van der Waals surface area contributed by atoms with Crippen LogP contribution >= 0.6 is 0 Å². The van der Waals surface area contributed by atoms with Gasteiger partial charge >= 0.3 is 0 Å². The van der Waals surface area contributed by atoms with Gasteiger partial charge in [0.05, 0.1) is 19.3 Å². The van der Waals surface area contributed by atoms with E-state index >= 15 is 0 Å². The number of hydrogen-bond donors (Lipinski definition) is 2. The number of ether oxygens (including phenoxy) is 1. The first-order valence-corrected chi connectivity index (χ1v) is 6.95. The Morgan fingerprint density at radius 2 is 2.15 bits per heavy atom. The second-order valence-corrected chi connectivity index (χ2v) is 4.95. The Balaban J connectivity index is 2.01. The highest BCUT2D eigenvalue weighted by molar-refractivity contribution is 5.82. The van der Waals surface area contributed by atoms with Gasteiger partial charge in [0.25, 0.3) is 0 Å². The highest BCUT2D eigenvalue weighted by atomic mass is 16.5. The summed E-state index contributed by atoms with van der Waals surface area (Å²) in [5, 5.41) is 12.4. The van der Waals surface area contributed by atoms with E-state index in [9.17, 15) is 4.79 Å². The van der Waals surface area contributed by atoms with Crippen molar-refractivity contribution in [2.75, 3.05) is 33.4 Å². The van der Waals surface area contributed by atoms with Crippen LogP contribution in [0.1, 0.15) is 11.1 Å². The van der Waals surface area contributed by atoms with Gasteiger partial charge in [0.2, 0.25) is 5.91 Å². The lowest BCUT2D eigenvalue weighted by molar-refractivity contribution is -0.134. The number of methoxy groups -OCH3 is 1. The Hall–Kier alpha value is -1.43. The molecule has 1 aliphatic rings. The van der Waals surface area contributed by atoms with Crippen molar-refractivity contribution in [3.63, 3.8) is 0 Å². The fraction of sp³-hybridized carbons (Fsp3) is 0.533. The van der Waals surface area contributed by atoms with Crippen molar-refractivity contribution in [2.24, 2.45) is 0 Å². The quantitative estimate of drug-likeness (QED) is 0.778. The van der Waals surface area contributed by atoms with Gasteiger partial charge in [-0.2, -0.15) is 0 Å². The first kappa shape index (κ1) is 15.0. The van der Waals surface area contributed by atoms with E-state index in [1.807, 2.05) is 12.1 Å². The van der Waals surface area contributed by atoms with Crippen LogP contribution < -0.4 is 5.32 Å². The molecule has 20 heavy (non-hydrogen) atoms. The number of aliphatic hydroxyl groups is 1. The summed E-state index contributed by atoms with van der Waals surface area (Å²) in [6.45, 7) is 2.02. The lowest BCUT2D eigenvalue weighted by Crippen LogP contribution is -2.50. The zero-order chi connectivity index (χ0) is 14.4. The smallest absolute Gasteiger partial charge is 0.240 e. The second kappa shape index (κ2) is 7.38. The molecular formula is C15H22N2O3. The average molecular weight is 278 g/mol. The van der Waals surface area contributed by atoms with Crippen LogP contribution in [0.3, 0.4) is 0 Å². The van der Waals surface area contributed by atoms with Gasteiger partial charge in [-0.05, 0) is 17.5 Å². The predicted molar refractivity (Wildman–Crippen MR) is 76.3 cm³/mol. The maximum Gasteiger partial charge on any atom is 0.240 e. The molecule has 1 aliphatic heterocycles. The van der Waals surface area contributed by atoms with E-state index in [4.69, 9.17) is 9.84 Å². The summed E-state index contributed by atoms with van der Waals surface area (Å²) in [5.74, 6) is 0.0330. The third-order valence-electron chi connectivity index (χ3n) is 3.63. The number of hydrogen-bond acceptors (Lipinski definition) is 4. The van der Waals surface area contributed by atoms with Crippen molar-refractivity contribution in [3.05, 3.63) is 35.4 Å². The van der Waals surface area contributed by atoms with Crippen molar-refractivity contribution in [1.82, 2.24) is 10.2 Å². The van der Waals surface area contributed by atoms with Crippen molar-refractivity contribution in [3.8, 4) is 0 Å². The molecule has 0 aliphatic carbocycles. The summed E-state index contributed by atoms with van der Waals surface area (Å²) < 4.78 is 5.02. The summed E-state index contributed by atoms with van der Waals surface area (Å²) in [5.41, 5.74) is 2.47. The van der Waals surface area contributed by atoms with Crippen LogP contribution in [-0.4, -0.2) is 55.4 Å². The molecular weight excluding hydrogens is 256 g/mol. The Bertz CT molecular complexity index is 450. The second-order valence-electron chi connectivity index (χ2n) is 4.95. The molecule has 5 heteroatoms. The number of rotatable bonds is 6. The molecule has 2 N–H and O–H groups in total. The van der Waals surface area contributed by atoms with E-state index in [1.54, 1.807) is 12.0 Å². The molecule has 0 saturated carbocycles. The predicted octanol–water partition coefficient (Wildman–Crippen LogP) is 0.168. The molecule has 0 aromatic heterocycles. The van der Waals surface area contributed by atoms with Crippen molar-refractivity contribution >= 4 is 5.91 Å². The molecule has 1 heterocycles. The number of nitrogens with zero attached hydrogens (tertiary/aromatic N) is 1. The Morgan fingerprint density at radius 1 is 1.40 bits per heavy atom. The first-order valence-electron chi connectivity index (χ1n) is 6.95. The molecule has 1 atom stereocenters. The molecule has 1 aromatic carbocycles. The fourth-order valence-electron chi connectivity index (χ4n) is 2.50. The Morgan fingerprint density at radius 3 is 2.85 bits per heavy atom. The lowest BCUT2D eigenvalue weighted by Gasteiger charge is -2.30. The lowest BCUT2D eigenvalue weighted by atomic mass is 9.95. The van der Waals surface area contributed by atoms with E-state index in [0.29, 0.717) is 32.7 Å². The SMILES string of the molecule is COCCN(CCO)C(=O)C1Cc2ccccc2CN1. The van der Waals surface area contributed by atoms with Gasteiger partial charge in [-0.15, -0.1) is 0 Å². The molecule has 0 spiro atoms. The van der Waals surface area contributed by atoms with Gasteiger partial charge < -0.3 is 20.1 Å². The molecule has 1 amide bonds. The minimum atomic E-state index is -0.215. The van der Waals surface area contributed by atoms with Gasteiger partial charge in [0, 0.05) is 26.7 Å². The Kier molecular flexibility index (Phi) is 5.52. The molecule has 0 fully saturated rings. The number of amides is 1. The van der Waals surface area contributed by atoms with Gasteiger partial charge in [-0.3, -0.25) is 4.79 Å². The van der Waals surface area contributed by atoms with E-state index < -0.39 is 0 Å². The molecule has 0 saturated heterocycles. The van der Waals surface area contributed by atoms with Gasteiger partial charge in [0.1, 0.15) is 0 Å². The molecule has 5 nitrogen and oxygen atoms in total. The van der Waals surface area contributed by atoms with E-state index in [-0.39, 0.29) is 18.6 Å². The van der Waals surface area contributed by atoms with Crippen LogP contribution in [0, 0.1) is 0 Å². The molecule has 0 radical (unpaired) electrons. The molecule has 1 aromatic rings. The topological polar surface area (TPSA) is 61.8 Å². The summed E-state index contributed by atoms with van der Waals surface area (Å²) in [6, 6.07) is 7.95. The first-order chi connectivity index (χ1) is 9.76. The number of aliphatic hydroxyl groups excluding tert-OH is 1. The number of nitrogens with one attached hydrogen (secondary N) is 1. The zero-order valence-corrected chi connectivity index (χ0v) is 11.8. The van der Waals surface area contributed by atoms with Crippen LogP contribution in [0.4, 0.5) is 0 Å². The van der Waals surface area contributed by atoms with Crippen LogP contribution in [0.25, 0.3) is 0 Å².